The van der Waals surface area contributed by atoms with Crippen LogP contribution in [0.3, 0.4) is 0 Å². The molecule has 0 aliphatic carbocycles. The molecule has 3 aromatic carbocycles. The van der Waals surface area contributed by atoms with Crippen LogP contribution in [0.25, 0.3) is 55.4 Å². The largest absolute Gasteiger partial charge is 0.508 e. The Hall–Kier alpha value is -5.83. The molecule has 0 radical (unpaired) electrons. The molecular formula is C33H23FN6O2. The molecule has 0 unspecified atom stereocenters. The number of phenols is 1. The first-order valence-electron chi connectivity index (χ1n) is 13.2. The summed E-state index contributed by atoms with van der Waals surface area (Å²) in [6.45, 7) is 2.01. The lowest BCUT2D eigenvalue weighted by Crippen LogP contribution is -2.11. The predicted octanol–water partition coefficient (Wildman–Crippen LogP) is 7.24. The average molecular weight is 555 g/mol. The Morgan fingerprint density at radius 2 is 1.67 bits per heavy atom. The van der Waals surface area contributed by atoms with Crippen LogP contribution in [0.4, 0.5) is 10.1 Å². The van der Waals surface area contributed by atoms with Gasteiger partial charge in [-0.1, -0.05) is 18.2 Å². The normalized spacial score (nSPS) is 11.3. The van der Waals surface area contributed by atoms with E-state index < -0.39 is 5.82 Å². The van der Waals surface area contributed by atoms with Crippen LogP contribution in [0.1, 0.15) is 15.9 Å². The van der Waals surface area contributed by atoms with Crippen LogP contribution in [0.5, 0.6) is 5.75 Å². The first-order valence-corrected chi connectivity index (χ1v) is 13.2. The van der Waals surface area contributed by atoms with Crippen molar-refractivity contribution in [3.63, 3.8) is 0 Å². The highest BCUT2D eigenvalue weighted by Gasteiger charge is 2.17. The SMILES string of the molecule is Cc1cc2[nH]nc(-c3cc4c(-c5cc(O)cc(F)c5)cncc4[nH]3)c2cc1-c1cncc(NC(=O)c2ccccc2)c1. The van der Waals surface area contributed by atoms with E-state index in [-0.39, 0.29) is 11.7 Å². The van der Waals surface area contributed by atoms with Gasteiger partial charge in [-0.05, 0) is 72.1 Å². The van der Waals surface area contributed by atoms with Crippen molar-refractivity contribution >= 4 is 33.4 Å². The van der Waals surface area contributed by atoms with Crippen molar-refractivity contribution < 1.29 is 14.3 Å². The zero-order valence-corrected chi connectivity index (χ0v) is 22.3. The van der Waals surface area contributed by atoms with Gasteiger partial charge < -0.3 is 15.4 Å². The quantitative estimate of drug-likeness (QED) is 0.179. The number of carbonyl (C=O) groups excluding carboxylic acids is 1. The third kappa shape index (κ3) is 4.52. The maximum absolute atomic E-state index is 14.1. The highest BCUT2D eigenvalue weighted by molar-refractivity contribution is 6.05. The van der Waals surface area contributed by atoms with Gasteiger partial charge in [0.1, 0.15) is 17.3 Å². The number of carbonyl (C=O) groups is 1. The number of benzene rings is 3. The molecule has 0 fully saturated rings. The minimum absolute atomic E-state index is 0.155. The number of fused-ring (bicyclic) bond motifs is 2. The number of hydrogen-bond acceptors (Lipinski definition) is 5. The fraction of sp³-hybridized carbons (Fsp3) is 0.0303. The second-order valence-corrected chi connectivity index (χ2v) is 10.1. The van der Waals surface area contributed by atoms with Crippen molar-refractivity contribution in [3.8, 4) is 39.4 Å². The molecule has 4 heterocycles. The van der Waals surface area contributed by atoms with Gasteiger partial charge in [-0.2, -0.15) is 5.10 Å². The molecule has 0 bridgehead atoms. The summed E-state index contributed by atoms with van der Waals surface area (Å²) in [5.41, 5.74) is 8.24. The van der Waals surface area contributed by atoms with Crippen molar-refractivity contribution in [1.82, 2.24) is 25.1 Å². The highest BCUT2D eigenvalue weighted by Crippen LogP contribution is 2.37. The number of anilines is 1. The van der Waals surface area contributed by atoms with E-state index in [0.717, 1.165) is 50.3 Å². The van der Waals surface area contributed by atoms with E-state index in [9.17, 15) is 14.3 Å². The number of H-pyrrole nitrogens is 2. The molecule has 1 amide bonds. The van der Waals surface area contributed by atoms with E-state index in [1.165, 1.54) is 12.1 Å². The summed E-state index contributed by atoms with van der Waals surface area (Å²) in [7, 11) is 0. The lowest BCUT2D eigenvalue weighted by molar-refractivity contribution is 0.102. The fourth-order valence-electron chi connectivity index (χ4n) is 5.28. The van der Waals surface area contributed by atoms with Gasteiger partial charge in [0.2, 0.25) is 0 Å². The summed E-state index contributed by atoms with van der Waals surface area (Å²) in [6, 6.07) is 20.9. The van der Waals surface area contributed by atoms with E-state index in [1.807, 2.05) is 43.3 Å². The predicted molar refractivity (Wildman–Crippen MR) is 161 cm³/mol. The lowest BCUT2D eigenvalue weighted by atomic mass is 9.98. The van der Waals surface area contributed by atoms with Gasteiger partial charge in [0, 0.05) is 45.9 Å². The molecule has 4 N–H and O–H groups in total. The number of nitrogens with one attached hydrogen (secondary N) is 3. The number of halogens is 1. The van der Waals surface area contributed by atoms with Crippen molar-refractivity contribution in [2.45, 2.75) is 6.92 Å². The Kier molecular flexibility index (Phi) is 5.97. The first kappa shape index (κ1) is 25.2. The smallest absolute Gasteiger partial charge is 0.255 e. The van der Waals surface area contributed by atoms with Gasteiger partial charge in [-0.25, -0.2) is 4.39 Å². The van der Waals surface area contributed by atoms with Crippen LogP contribution in [-0.4, -0.2) is 36.2 Å². The van der Waals surface area contributed by atoms with E-state index in [0.29, 0.717) is 28.1 Å². The molecule has 0 saturated heterocycles. The zero-order valence-electron chi connectivity index (χ0n) is 22.3. The molecule has 7 rings (SSSR count). The number of aromatic amines is 2. The number of aryl methyl sites for hydroxylation is 1. The standard InChI is InChI=1S/C33H23FN6O2/c1-18-7-29-27(12-25(18)21-9-23(15-35-14-21)37-33(42)19-5-3-2-4-6-19)32(40-39-29)30-13-26-28(16-36-17-31(26)38-30)20-8-22(34)11-24(41)10-20/h2-17,38,41H,1H3,(H,37,42)(H,39,40). The first-order chi connectivity index (χ1) is 20.4. The number of rotatable bonds is 5. The van der Waals surface area contributed by atoms with Crippen molar-refractivity contribution in [1.29, 1.82) is 0 Å². The van der Waals surface area contributed by atoms with E-state index in [4.69, 9.17) is 0 Å². The summed E-state index contributed by atoms with van der Waals surface area (Å²) in [6.07, 6.45) is 6.74. The molecule has 8 nitrogen and oxygen atoms in total. The number of nitrogens with zero attached hydrogens (tertiary/aromatic N) is 3. The molecule has 0 aliphatic heterocycles. The molecule has 9 heteroatoms. The maximum Gasteiger partial charge on any atom is 0.255 e. The maximum atomic E-state index is 14.1. The second-order valence-electron chi connectivity index (χ2n) is 10.1. The number of pyridine rings is 2. The Bertz CT molecular complexity index is 2110. The number of aromatic nitrogens is 5. The second kappa shape index (κ2) is 9.97. The third-order valence-electron chi connectivity index (χ3n) is 7.25. The van der Waals surface area contributed by atoms with Crippen LogP contribution in [-0.2, 0) is 0 Å². The van der Waals surface area contributed by atoms with Crippen LogP contribution >= 0.6 is 0 Å². The Morgan fingerprint density at radius 3 is 2.50 bits per heavy atom. The summed E-state index contributed by atoms with van der Waals surface area (Å²) < 4.78 is 14.1. The topological polar surface area (TPSA) is 120 Å². The Balaban J connectivity index is 1.28. The van der Waals surface area contributed by atoms with E-state index >= 15 is 0 Å². The number of aromatic hydroxyl groups is 1. The summed E-state index contributed by atoms with van der Waals surface area (Å²) in [5, 5.41) is 22.3. The molecule has 7 aromatic rings. The molecule has 4 aromatic heterocycles. The molecule has 204 valence electrons. The molecule has 0 saturated carbocycles. The molecular weight excluding hydrogens is 531 g/mol. The van der Waals surface area contributed by atoms with Gasteiger partial charge >= 0.3 is 0 Å². The highest BCUT2D eigenvalue weighted by atomic mass is 19.1. The molecule has 0 spiro atoms. The average Bonchev–Trinajstić information content (AvgIpc) is 3.60. The number of amides is 1. The van der Waals surface area contributed by atoms with Gasteiger partial charge in [0.05, 0.1) is 34.8 Å². The minimum Gasteiger partial charge on any atom is -0.508 e. The minimum atomic E-state index is -0.530. The fourth-order valence-corrected chi connectivity index (χ4v) is 5.28. The monoisotopic (exact) mass is 554 g/mol. The van der Waals surface area contributed by atoms with Crippen LogP contribution in [0, 0.1) is 12.7 Å². The Morgan fingerprint density at radius 1 is 0.833 bits per heavy atom. The van der Waals surface area contributed by atoms with Gasteiger partial charge in [0.15, 0.2) is 0 Å². The molecule has 0 aliphatic rings. The van der Waals surface area contributed by atoms with Crippen LogP contribution in [0.15, 0.2) is 97.6 Å². The molecule has 42 heavy (non-hydrogen) atoms. The van der Waals surface area contributed by atoms with Crippen molar-refractivity contribution in [2.75, 3.05) is 5.32 Å². The summed E-state index contributed by atoms with van der Waals surface area (Å²) in [4.78, 5) is 24.8. The van der Waals surface area contributed by atoms with E-state index in [1.54, 1.807) is 36.9 Å². The lowest BCUT2D eigenvalue weighted by Gasteiger charge is -2.10. The van der Waals surface area contributed by atoms with Crippen LogP contribution < -0.4 is 5.32 Å². The van der Waals surface area contributed by atoms with E-state index in [2.05, 4.69) is 36.5 Å². The van der Waals surface area contributed by atoms with Gasteiger partial charge in [-0.3, -0.25) is 19.9 Å². The third-order valence-corrected chi connectivity index (χ3v) is 7.25. The summed E-state index contributed by atoms with van der Waals surface area (Å²) >= 11 is 0. The zero-order chi connectivity index (χ0) is 28.8. The molecule has 0 atom stereocenters. The van der Waals surface area contributed by atoms with Gasteiger partial charge in [-0.15, -0.1) is 0 Å². The van der Waals surface area contributed by atoms with Crippen molar-refractivity contribution in [2.24, 2.45) is 0 Å². The van der Waals surface area contributed by atoms with Crippen molar-refractivity contribution in [3.05, 3.63) is 115 Å². The summed E-state index contributed by atoms with van der Waals surface area (Å²) in [5.74, 6) is -0.894. The van der Waals surface area contributed by atoms with Gasteiger partial charge in [0.25, 0.3) is 5.91 Å². The number of phenolic OH excluding ortho intramolecular Hbond substituents is 1. The Labute approximate surface area is 238 Å². The van der Waals surface area contributed by atoms with Crippen LogP contribution in [0.2, 0.25) is 0 Å². The number of hydrogen-bond donors (Lipinski definition) is 4.